The van der Waals surface area contributed by atoms with Crippen LogP contribution in [-0.4, -0.2) is 55.9 Å². The van der Waals surface area contributed by atoms with E-state index in [9.17, 15) is 13.2 Å². The Labute approximate surface area is 96.2 Å². The molecule has 0 saturated heterocycles. The van der Waals surface area contributed by atoms with Crippen LogP contribution in [0, 0.1) is 0 Å². The molecule has 96 valence electrons. The van der Waals surface area contributed by atoms with E-state index in [1.54, 1.807) is 0 Å². The fourth-order valence-electron chi connectivity index (χ4n) is 1.00. The van der Waals surface area contributed by atoms with Crippen LogP contribution >= 0.6 is 0 Å². The van der Waals surface area contributed by atoms with Gasteiger partial charge in [-0.3, -0.25) is 4.79 Å². The van der Waals surface area contributed by atoms with Crippen LogP contribution in [0.25, 0.3) is 0 Å². The van der Waals surface area contributed by atoms with Crippen molar-refractivity contribution >= 4 is 16.0 Å². The van der Waals surface area contributed by atoms with Gasteiger partial charge < -0.3 is 9.84 Å². The van der Waals surface area contributed by atoms with Gasteiger partial charge in [-0.05, 0) is 20.3 Å². The second-order valence-electron chi connectivity index (χ2n) is 3.99. The van der Waals surface area contributed by atoms with Gasteiger partial charge >= 0.3 is 5.97 Å². The van der Waals surface area contributed by atoms with Crippen molar-refractivity contribution in [3.63, 3.8) is 0 Å². The van der Waals surface area contributed by atoms with E-state index < -0.39 is 21.5 Å². The summed E-state index contributed by atoms with van der Waals surface area (Å²) in [5, 5.41) is 8.92. The molecule has 0 aromatic heterocycles. The summed E-state index contributed by atoms with van der Waals surface area (Å²) in [6, 6.07) is 0. The van der Waals surface area contributed by atoms with Crippen LogP contribution in [0.1, 0.15) is 20.3 Å². The number of carboxylic acids is 1. The summed E-state index contributed by atoms with van der Waals surface area (Å²) >= 11 is 0. The number of ether oxygens (including phenoxy) is 1. The molecule has 0 amide bonds. The van der Waals surface area contributed by atoms with Crippen molar-refractivity contribution in [2.45, 2.75) is 25.8 Å². The van der Waals surface area contributed by atoms with Crippen LogP contribution in [-0.2, 0) is 19.6 Å². The van der Waals surface area contributed by atoms with Gasteiger partial charge in [-0.15, -0.1) is 0 Å². The molecule has 0 bridgehead atoms. The molecular weight excluding hydrogens is 234 g/mol. The molecule has 0 aromatic carbocycles. The third-order valence-corrected chi connectivity index (χ3v) is 4.57. The molecule has 0 aliphatic rings. The molecule has 0 aliphatic heterocycles. The number of hydrogen-bond donors (Lipinski definition) is 1. The number of rotatable bonds is 7. The first-order valence-corrected chi connectivity index (χ1v) is 6.46. The average Bonchev–Trinajstić information content (AvgIpc) is 2.16. The molecule has 0 rings (SSSR count). The predicted octanol–water partition coefficient (Wildman–Crippen LogP) is 0.148. The van der Waals surface area contributed by atoms with Crippen molar-refractivity contribution in [2.75, 3.05) is 26.5 Å². The molecule has 6 nitrogen and oxygen atoms in total. The smallest absolute Gasteiger partial charge is 0.324 e. The lowest BCUT2D eigenvalue weighted by Crippen LogP contribution is -2.51. The van der Waals surface area contributed by atoms with E-state index >= 15 is 0 Å². The predicted molar refractivity (Wildman–Crippen MR) is 59.8 cm³/mol. The van der Waals surface area contributed by atoms with Gasteiger partial charge in [-0.2, -0.15) is 4.31 Å². The van der Waals surface area contributed by atoms with E-state index in [1.165, 1.54) is 28.0 Å². The van der Waals surface area contributed by atoms with Gasteiger partial charge in [-0.1, -0.05) is 0 Å². The first-order chi connectivity index (χ1) is 7.16. The van der Waals surface area contributed by atoms with E-state index in [2.05, 4.69) is 0 Å². The lowest BCUT2D eigenvalue weighted by atomic mass is 10.1. The Balaban J connectivity index is 4.70. The standard InChI is InChI=1S/C9H19NO5S/c1-9(2,8(11)12)10(3)16(13,14)7-5-6-15-4/h5-7H2,1-4H3,(H,11,12). The Kier molecular flexibility index (Phi) is 5.37. The van der Waals surface area contributed by atoms with Crippen molar-refractivity contribution in [3.8, 4) is 0 Å². The molecule has 7 heteroatoms. The molecule has 1 N–H and O–H groups in total. The van der Waals surface area contributed by atoms with Crippen LogP contribution in [0.15, 0.2) is 0 Å². The Morgan fingerprint density at radius 3 is 2.31 bits per heavy atom. The van der Waals surface area contributed by atoms with E-state index in [4.69, 9.17) is 9.84 Å². The van der Waals surface area contributed by atoms with Crippen LogP contribution in [0.3, 0.4) is 0 Å². The summed E-state index contributed by atoms with van der Waals surface area (Å²) in [6.45, 7) is 3.03. The normalized spacial score (nSPS) is 13.1. The lowest BCUT2D eigenvalue weighted by Gasteiger charge is -2.30. The van der Waals surface area contributed by atoms with E-state index in [-0.39, 0.29) is 5.75 Å². The summed E-state index contributed by atoms with van der Waals surface area (Å²) in [6.07, 6.45) is 0.346. The molecule has 16 heavy (non-hydrogen) atoms. The number of carboxylic acid groups (broad SMARTS) is 1. The maximum Gasteiger partial charge on any atom is 0.324 e. The Morgan fingerprint density at radius 2 is 1.94 bits per heavy atom. The minimum atomic E-state index is -3.56. The third-order valence-electron chi connectivity index (χ3n) is 2.48. The first-order valence-electron chi connectivity index (χ1n) is 4.85. The molecule has 0 heterocycles. The highest BCUT2D eigenvalue weighted by Crippen LogP contribution is 2.17. The van der Waals surface area contributed by atoms with Crippen LogP contribution < -0.4 is 0 Å². The second kappa shape index (κ2) is 5.60. The highest BCUT2D eigenvalue weighted by Gasteiger charge is 2.38. The number of likely N-dealkylation sites (N-methyl/N-ethyl adjacent to an activating group) is 1. The van der Waals surface area contributed by atoms with Crippen LogP contribution in [0.2, 0.25) is 0 Å². The largest absolute Gasteiger partial charge is 0.480 e. The van der Waals surface area contributed by atoms with Gasteiger partial charge in [0.1, 0.15) is 5.54 Å². The van der Waals surface area contributed by atoms with Crippen LogP contribution in [0.4, 0.5) is 0 Å². The summed E-state index contributed by atoms with van der Waals surface area (Å²) in [5.41, 5.74) is -1.44. The zero-order chi connectivity index (χ0) is 13.0. The maximum atomic E-state index is 11.8. The number of hydrogen-bond acceptors (Lipinski definition) is 4. The molecule has 0 aliphatic carbocycles. The van der Waals surface area contributed by atoms with Gasteiger partial charge in [0, 0.05) is 20.8 Å². The summed E-state index contributed by atoms with van der Waals surface area (Å²) < 4.78 is 29.2. The Hall–Kier alpha value is -0.660. The third kappa shape index (κ3) is 3.73. The SMILES string of the molecule is COCCCS(=O)(=O)N(C)C(C)(C)C(=O)O. The highest BCUT2D eigenvalue weighted by atomic mass is 32.2. The van der Waals surface area contributed by atoms with Crippen molar-refractivity contribution in [1.82, 2.24) is 4.31 Å². The topological polar surface area (TPSA) is 83.9 Å². The number of carbonyl (C=O) groups is 1. The minimum Gasteiger partial charge on any atom is -0.480 e. The van der Waals surface area contributed by atoms with Crippen molar-refractivity contribution < 1.29 is 23.1 Å². The van der Waals surface area contributed by atoms with E-state index in [0.717, 1.165) is 4.31 Å². The number of nitrogens with zero attached hydrogens (tertiary/aromatic N) is 1. The molecule has 0 atom stereocenters. The molecule has 0 aromatic rings. The zero-order valence-electron chi connectivity index (χ0n) is 10.1. The van der Waals surface area contributed by atoms with E-state index in [0.29, 0.717) is 13.0 Å². The Bertz CT molecular complexity index is 336. The minimum absolute atomic E-state index is 0.117. The summed E-state index contributed by atoms with van der Waals surface area (Å²) in [4.78, 5) is 10.9. The van der Waals surface area contributed by atoms with Crippen LogP contribution in [0.5, 0.6) is 0 Å². The fourth-order valence-corrected chi connectivity index (χ4v) is 2.54. The van der Waals surface area contributed by atoms with Crippen molar-refractivity contribution in [3.05, 3.63) is 0 Å². The average molecular weight is 253 g/mol. The van der Waals surface area contributed by atoms with E-state index in [1.807, 2.05) is 0 Å². The van der Waals surface area contributed by atoms with Gasteiger partial charge in [0.2, 0.25) is 10.0 Å². The summed E-state index contributed by atoms with van der Waals surface area (Å²) in [7, 11) is -0.805. The maximum absolute atomic E-state index is 11.8. The van der Waals surface area contributed by atoms with Gasteiger partial charge in [0.05, 0.1) is 5.75 Å². The number of aliphatic carboxylic acids is 1. The fraction of sp³-hybridized carbons (Fsp3) is 0.889. The zero-order valence-corrected chi connectivity index (χ0v) is 10.9. The molecule has 0 fully saturated rings. The quantitative estimate of drug-likeness (QED) is 0.653. The number of sulfonamides is 1. The first kappa shape index (κ1) is 15.3. The van der Waals surface area contributed by atoms with Gasteiger partial charge in [-0.25, -0.2) is 8.42 Å². The molecule has 0 unspecified atom stereocenters. The lowest BCUT2D eigenvalue weighted by molar-refractivity contribution is -0.145. The van der Waals surface area contributed by atoms with Crippen molar-refractivity contribution in [2.24, 2.45) is 0 Å². The van der Waals surface area contributed by atoms with Gasteiger partial charge in [0.15, 0.2) is 0 Å². The molecule has 0 spiro atoms. The number of methoxy groups -OCH3 is 1. The van der Waals surface area contributed by atoms with Crippen molar-refractivity contribution in [1.29, 1.82) is 0 Å². The highest BCUT2D eigenvalue weighted by molar-refractivity contribution is 7.89. The second-order valence-corrected chi connectivity index (χ2v) is 6.11. The summed E-state index contributed by atoms with van der Waals surface area (Å²) in [5.74, 6) is -1.29. The molecule has 0 radical (unpaired) electrons. The van der Waals surface area contributed by atoms with Gasteiger partial charge in [0.25, 0.3) is 0 Å². The Morgan fingerprint density at radius 1 is 1.44 bits per heavy atom. The molecule has 0 saturated carbocycles. The molecular formula is C9H19NO5S. The monoisotopic (exact) mass is 253 g/mol.